The number of aromatic nitrogens is 3. The smallest absolute Gasteiger partial charge is 0.338 e. The van der Waals surface area contributed by atoms with E-state index in [1.165, 1.54) is 7.11 Å². The lowest BCUT2D eigenvalue weighted by atomic mass is 10.2. The highest BCUT2D eigenvalue weighted by Crippen LogP contribution is 2.12. The fourth-order valence-electron chi connectivity index (χ4n) is 1.99. The maximum absolute atomic E-state index is 11.5. The summed E-state index contributed by atoms with van der Waals surface area (Å²) in [7, 11) is 3.26. The summed E-state index contributed by atoms with van der Waals surface area (Å²) in [6, 6.07) is 3.30. The van der Waals surface area contributed by atoms with Crippen LogP contribution in [0.3, 0.4) is 0 Å². The third-order valence-electron chi connectivity index (χ3n) is 2.97. The first-order valence-corrected chi connectivity index (χ1v) is 6.43. The molecule has 106 valence electrons. The van der Waals surface area contributed by atoms with Gasteiger partial charge in [-0.2, -0.15) is 5.10 Å². The van der Waals surface area contributed by atoms with E-state index in [0.717, 1.165) is 17.7 Å². The number of hydrogen-bond acceptors (Lipinski definition) is 5. The number of esters is 1. The van der Waals surface area contributed by atoms with Gasteiger partial charge >= 0.3 is 5.97 Å². The Morgan fingerprint density at radius 1 is 1.50 bits per heavy atom. The number of anilines is 1. The van der Waals surface area contributed by atoms with Crippen LogP contribution >= 0.6 is 0 Å². The first-order chi connectivity index (χ1) is 9.63. The lowest BCUT2D eigenvalue weighted by Gasteiger charge is -2.06. The van der Waals surface area contributed by atoms with Gasteiger partial charge < -0.3 is 10.1 Å². The summed E-state index contributed by atoms with van der Waals surface area (Å²) < 4.78 is 6.49. The van der Waals surface area contributed by atoms with Gasteiger partial charge in [0, 0.05) is 31.5 Å². The second-order valence-electron chi connectivity index (χ2n) is 4.40. The number of hydrogen-bond donors (Lipinski definition) is 1. The zero-order valence-electron chi connectivity index (χ0n) is 11.9. The number of nitrogens with one attached hydrogen (secondary N) is 1. The van der Waals surface area contributed by atoms with Gasteiger partial charge in [0.25, 0.3) is 0 Å². The van der Waals surface area contributed by atoms with Crippen molar-refractivity contribution in [2.45, 2.75) is 19.9 Å². The third-order valence-corrected chi connectivity index (χ3v) is 2.97. The van der Waals surface area contributed by atoms with Crippen LogP contribution in [-0.2, 0) is 24.8 Å². The minimum atomic E-state index is -0.369. The van der Waals surface area contributed by atoms with Crippen LogP contribution in [0.15, 0.2) is 24.5 Å². The van der Waals surface area contributed by atoms with Gasteiger partial charge in [-0.3, -0.25) is 4.68 Å². The summed E-state index contributed by atoms with van der Waals surface area (Å²) in [4.78, 5) is 15.6. The van der Waals surface area contributed by atoms with Gasteiger partial charge in [0.15, 0.2) is 0 Å². The van der Waals surface area contributed by atoms with Crippen LogP contribution in [0.4, 0.5) is 5.82 Å². The standard InChI is InChI=1S/C14H18N4O2/c1-4-12-11(9-18(2)17-12)8-16-13-7-10(5-6-15-13)14(19)20-3/h5-7,9H,4,8H2,1-3H3,(H,15,16). The topological polar surface area (TPSA) is 69.0 Å². The third kappa shape index (κ3) is 3.14. The van der Waals surface area contributed by atoms with Crippen molar-refractivity contribution in [1.29, 1.82) is 0 Å². The lowest BCUT2D eigenvalue weighted by molar-refractivity contribution is 0.0600. The minimum absolute atomic E-state index is 0.369. The fourth-order valence-corrected chi connectivity index (χ4v) is 1.99. The molecule has 0 spiro atoms. The first-order valence-electron chi connectivity index (χ1n) is 6.43. The van der Waals surface area contributed by atoms with E-state index in [1.807, 2.05) is 13.2 Å². The lowest BCUT2D eigenvalue weighted by Crippen LogP contribution is -2.06. The summed E-state index contributed by atoms with van der Waals surface area (Å²) in [5, 5.41) is 7.58. The van der Waals surface area contributed by atoms with E-state index >= 15 is 0 Å². The van der Waals surface area contributed by atoms with Crippen LogP contribution in [-0.4, -0.2) is 27.8 Å². The number of ether oxygens (including phenoxy) is 1. The molecule has 6 nitrogen and oxygen atoms in total. The zero-order chi connectivity index (χ0) is 14.5. The summed E-state index contributed by atoms with van der Waals surface area (Å²) >= 11 is 0. The molecule has 6 heteroatoms. The maximum Gasteiger partial charge on any atom is 0.338 e. The van der Waals surface area contributed by atoms with Crippen molar-refractivity contribution in [2.24, 2.45) is 7.05 Å². The first kappa shape index (κ1) is 14.0. The van der Waals surface area contributed by atoms with Gasteiger partial charge in [-0.15, -0.1) is 0 Å². The Hall–Kier alpha value is -2.37. The quantitative estimate of drug-likeness (QED) is 0.842. The molecule has 0 atom stereocenters. The molecule has 0 saturated heterocycles. The summed E-state index contributed by atoms with van der Waals surface area (Å²) in [6.07, 6.45) is 4.45. The molecule has 20 heavy (non-hydrogen) atoms. The molecule has 2 heterocycles. The molecule has 0 aliphatic heterocycles. The van der Waals surface area contributed by atoms with E-state index in [0.29, 0.717) is 17.9 Å². The molecule has 2 rings (SSSR count). The number of methoxy groups -OCH3 is 1. The van der Waals surface area contributed by atoms with E-state index in [9.17, 15) is 4.79 Å². The highest BCUT2D eigenvalue weighted by Gasteiger charge is 2.08. The van der Waals surface area contributed by atoms with Gasteiger partial charge in [-0.1, -0.05) is 6.92 Å². The van der Waals surface area contributed by atoms with Crippen LogP contribution in [0.5, 0.6) is 0 Å². The van der Waals surface area contributed by atoms with Crippen molar-refractivity contribution in [1.82, 2.24) is 14.8 Å². The van der Waals surface area contributed by atoms with Crippen LogP contribution < -0.4 is 5.32 Å². The van der Waals surface area contributed by atoms with Crippen molar-refractivity contribution in [3.63, 3.8) is 0 Å². The molecule has 0 amide bonds. The van der Waals surface area contributed by atoms with Crippen LogP contribution in [0, 0.1) is 0 Å². The second kappa shape index (κ2) is 6.18. The summed E-state index contributed by atoms with van der Waals surface area (Å²) in [5.41, 5.74) is 2.66. The molecule has 0 unspecified atom stereocenters. The van der Waals surface area contributed by atoms with Gasteiger partial charge in [-0.25, -0.2) is 9.78 Å². The molecule has 0 aliphatic rings. The molecule has 0 saturated carbocycles. The Morgan fingerprint density at radius 2 is 2.30 bits per heavy atom. The molecule has 0 aliphatic carbocycles. The van der Waals surface area contributed by atoms with Crippen LogP contribution in [0.25, 0.3) is 0 Å². The highest BCUT2D eigenvalue weighted by atomic mass is 16.5. The molecule has 1 N–H and O–H groups in total. The second-order valence-corrected chi connectivity index (χ2v) is 4.40. The van der Waals surface area contributed by atoms with Crippen molar-refractivity contribution in [3.05, 3.63) is 41.3 Å². The molecule has 2 aromatic heterocycles. The van der Waals surface area contributed by atoms with Gasteiger partial charge in [-0.05, 0) is 18.6 Å². The number of carbonyl (C=O) groups is 1. The normalized spacial score (nSPS) is 10.3. The van der Waals surface area contributed by atoms with E-state index in [4.69, 9.17) is 0 Å². The number of aryl methyl sites for hydroxylation is 2. The van der Waals surface area contributed by atoms with E-state index in [2.05, 4.69) is 27.1 Å². The predicted octanol–water partition coefficient (Wildman–Crippen LogP) is 1.78. The fraction of sp³-hybridized carbons (Fsp3) is 0.357. The number of rotatable bonds is 5. The van der Waals surface area contributed by atoms with Crippen molar-refractivity contribution < 1.29 is 9.53 Å². The number of nitrogens with zero attached hydrogens (tertiary/aromatic N) is 3. The molecular weight excluding hydrogens is 256 g/mol. The summed E-state index contributed by atoms with van der Waals surface area (Å²) in [5.74, 6) is 0.268. The average molecular weight is 274 g/mol. The Morgan fingerprint density at radius 3 is 3.00 bits per heavy atom. The monoisotopic (exact) mass is 274 g/mol. The Balaban J connectivity index is 2.09. The van der Waals surface area contributed by atoms with Crippen LogP contribution in [0.1, 0.15) is 28.5 Å². The van der Waals surface area contributed by atoms with Gasteiger partial charge in [0.2, 0.25) is 0 Å². The van der Waals surface area contributed by atoms with Crippen LogP contribution in [0.2, 0.25) is 0 Å². The molecule has 0 bridgehead atoms. The molecule has 0 aromatic carbocycles. The van der Waals surface area contributed by atoms with E-state index < -0.39 is 0 Å². The van der Waals surface area contributed by atoms with Crippen molar-refractivity contribution in [3.8, 4) is 0 Å². The number of carbonyl (C=O) groups excluding carboxylic acids is 1. The predicted molar refractivity (Wildman–Crippen MR) is 75.5 cm³/mol. The highest BCUT2D eigenvalue weighted by molar-refractivity contribution is 5.89. The van der Waals surface area contributed by atoms with Gasteiger partial charge in [0.05, 0.1) is 18.4 Å². The minimum Gasteiger partial charge on any atom is -0.465 e. The van der Waals surface area contributed by atoms with E-state index in [1.54, 1.807) is 23.0 Å². The average Bonchev–Trinajstić information content (AvgIpc) is 2.84. The maximum atomic E-state index is 11.5. The Labute approximate surface area is 117 Å². The largest absolute Gasteiger partial charge is 0.465 e. The molecule has 0 fully saturated rings. The van der Waals surface area contributed by atoms with Crippen molar-refractivity contribution >= 4 is 11.8 Å². The summed E-state index contributed by atoms with van der Waals surface area (Å²) in [6.45, 7) is 2.69. The molecule has 2 aromatic rings. The zero-order valence-corrected chi connectivity index (χ0v) is 11.9. The SMILES string of the molecule is CCc1nn(C)cc1CNc1cc(C(=O)OC)ccn1. The Kier molecular flexibility index (Phi) is 4.34. The van der Waals surface area contributed by atoms with Gasteiger partial charge in [0.1, 0.15) is 5.82 Å². The Bertz CT molecular complexity index is 607. The molecule has 0 radical (unpaired) electrons. The van der Waals surface area contributed by atoms with Crippen molar-refractivity contribution in [2.75, 3.05) is 12.4 Å². The number of pyridine rings is 1. The van der Waals surface area contributed by atoms with E-state index in [-0.39, 0.29) is 5.97 Å². The molecular formula is C14H18N4O2.